The molecule has 1 fully saturated rings. The lowest BCUT2D eigenvalue weighted by atomic mass is 10.0. The fraction of sp³-hybridized carbons (Fsp3) is 0.314. The Hall–Kier alpha value is -4.80. The summed E-state index contributed by atoms with van der Waals surface area (Å²) in [6, 6.07) is 24.5. The Morgan fingerprint density at radius 1 is 1.00 bits per heavy atom. The number of carbonyl (C=O) groups excluding carboxylic acids is 2. The molecule has 1 atom stereocenters. The van der Waals surface area contributed by atoms with Crippen LogP contribution in [0.15, 0.2) is 89.5 Å². The van der Waals surface area contributed by atoms with Crippen LogP contribution in [0.4, 0.5) is 10.5 Å². The quantitative estimate of drug-likeness (QED) is 0.181. The number of rotatable bonds is 12. The molecule has 2 amide bonds. The van der Waals surface area contributed by atoms with Crippen molar-refractivity contribution < 1.29 is 37.7 Å². The fourth-order valence-electron chi connectivity index (χ4n) is 5.19. The van der Waals surface area contributed by atoms with E-state index in [1.165, 1.54) is 6.26 Å². The largest absolute Gasteiger partial charge is 0.491 e. The van der Waals surface area contributed by atoms with Crippen LogP contribution >= 0.6 is 0 Å². The first-order chi connectivity index (χ1) is 21.8. The normalized spacial score (nSPS) is 16.9. The van der Waals surface area contributed by atoms with E-state index in [0.717, 1.165) is 33.8 Å². The van der Waals surface area contributed by atoms with Crippen molar-refractivity contribution in [1.82, 2.24) is 4.90 Å². The monoisotopic (exact) mass is 612 g/mol. The second kappa shape index (κ2) is 13.5. The molecule has 2 aliphatic rings. The van der Waals surface area contributed by atoms with Crippen LogP contribution in [0.3, 0.4) is 0 Å². The maximum Gasteiger partial charge on any atom is 0.410 e. The number of amides is 2. The molecule has 1 unspecified atom stereocenters. The molecule has 0 saturated carbocycles. The molecular formula is C35H36N2O8. The average molecular weight is 613 g/mol. The number of anilines is 1. The number of hydrogen-bond acceptors (Lipinski definition) is 8. The maximum absolute atomic E-state index is 12.6. The minimum atomic E-state index is -0.650. The average Bonchev–Trinajstić information content (AvgIpc) is 3.70. The summed E-state index contributed by atoms with van der Waals surface area (Å²) < 4.78 is 34.0. The molecule has 0 radical (unpaired) electrons. The van der Waals surface area contributed by atoms with Gasteiger partial charge in [0, 0.05) is 31.6 Å². The van der Waals surface area contributed by atoms with Gasteiger partial charge in [-0.15, -0.1) is 0 Å². The highest BCUT2D eigenvalue weighted by atomic mass is 16.7. The molecule has 234 valence electrons. The molecule has 1 N–H and O–H groups in total. The number of fused-ring (bicyclic) bond motifs is 1. The highest BCUT2D eigenvalue weighted by Crippen LogP contribution is 2.35. The molecule has 0 aliphatic carbocycles. The van der Waals surface area contributed by atoms with Gasteiger partial charge in [-0.05, 0) is 71.6 Å². The Balaban J connectivity index is 0.901. The number of carbonyl (C=O) groups is 2. The smallest absolute Gasteiger partial charge is 0.410 e. The van der Waals surface area contributed by atoms with Gasteiger partial charge in [0.2, 0.25) is 5.79 Å². The van der Waals surface area contributed by atoms with Crippen molar-refractivity contribution in [3.63, 3.8) is 0 Å². The van der Waals surface area contributed by atoms with E-state index in [1.54, 1.807) is 17.0 Å². The maximum atomic E-state index is 12.6. The minimum absolute atomic E-state index is 0.255. The van der Waals surface area contributed by atoms with Gasteiger partial charge in [0.1, 0.15) is 24.2 Å². The molecule has 45 heavy (non-hydrogen) atoms. The number of hydrogen-bond donors (Lipinski definition) is 1. The number of nitrogens with one attached hydrogen (secondary N) is 1. The van der Waals surface area contributed by atoms with Gasteiger partial charge in [0.15, 0.2) is 5.76 Å². The predicted octanol–water partition coefficient (Wildman–Crippen LogP) is 6.51. The molecule has 10 nitrogen and oxygen atoms in total. The highest BCUT2D eigenvalue weighted by Gasteiger charge is 2.33. The molecule has 6 rings (SSSR count). The Kier molecular flexibility index (Phi) is 9.04. The molecule has 3 heterocycles. The van der Waals surface area contributed by atoms with Crippen molar-refractivity contribution in [3.05, 3.63) is 113 Å². The van der Waals surface area contributed by atoms with Gasteiger partial charge in [0.25, 0.3) is 5.91 Å². The van der Waals surface area contributed by atoms with Gasteiger partial charge in [-0.25, -0.2) is 4.79 Å². The number of cyclic esters (lactones) is 1. The van der Waals surface area contributed by atoms with E-state index >= 15 is 0 Å². The third-order valence-corrected chi connectivity index (χ3v) is 7.56. The first-order valence-corrected chi connectivity index (χ1v) is 15.0. The Bertz CT molecular complexity index is 1620. The van der Waals surface area contributed by atoms with Crippen LogP contribution in [0.25, 0.3) is 0 Å². The summed E-state index contributed by atoms with van der Waals surface area (Å²) in [5.41, 5.74) is 4.58. The summed E-state index contributed by atoms with van der Waals surface area (Å²) in [4.78, 5) is 26.5. The van der Waals surface area contributed by atoms with Gasteiger partial charge >= 0.3 is 6.09 Å². The predicted molar refractivity (Wildman–Crippen MR) is 165 cm³/mol. The van der Waals surface area contributed by atoms with Crippen molar-refractivity contribution in [2.45, 2.75) is 45.4 Å². The fourth-order valence-corrected chi connectivity index (χ4v) is 5.19. The van der Waals surface area contributed by atoms with Crippen molar-refractivity contribution >= 4 is 17.7 Å². The van der Waals surface area contributed by atoms with Gasteiger partial charge in [0.05, 0.1) is 32.6 Å². The summed E-state index contributed by atoms with van der Waals surface area (Å²) in [5, 5.41) is 2.81. The SMILES string of the molecule is CC1(C)OCc2cc(C3CN(CCc4ccc(OCCOCc5cccc(NC(=O)c6ccco6)c5)cc4)C(=O)O3)ccc2O1. The van der Waals surface area contributed by atoms with Crippen molar-refractivity contribution in [2.75, 3.05) is 31.6 Å². The van der Waals surface area contributed by atoms with Crippen LogP contribution in [0.2, 0.25) is 0 Å². The zero-order valence-electron chi connectivity index (χ0n) is 25.3. The van der Waals surface area contributed by atoms with E-state index in [4.69, 9.17) is 28.1 Å². The van der Waals surface area contributed by atoms with E-state index < -0.39 is 5.79 Å². The summed E-state index contributed by atoms with van der Waals surface area (Å²) in [5.74, 6) is 0.845. The molecule has 1 aromatic heterocycles. The lowest BCUT2D eigenvalue weighted by Gasteiger charge is -2.32. The van der Waals surface area contributed by atoms with Crippen LogP contribution in [-0.2, 0) is 33.8 Å². The molecule has 4 aromatic rings. The summed E-state index contributed by atoms with van der Waals surface area (Å²) in [6.45, 7) is 6.47. The third-order valence-electron chi connectivity index (χ3n) is 7.56. The number of ether oxygens (including phenoxy) is 5. The molecule has 0 spiro atoms. The summed E-state index contributed by atoms with van der Waals surface area (Å²) in [7, 11) is 0. The van der Waals surface area contributed by atoms with Crippen molar-refractivity contribution in [1.29, 1.82) is 0 Å². The molecule has 1 saturated heterocycles. The highest BCUT2D eigenvalue weighted by molar-refractivity contribution is 6.02. The molecule has 3 aromatic carbocycles. The third kappa shape index (κ3) is 7.84. The Morgan fingerprint density at radius 3 is 2.69 bits per heavy atom. The zero-order valence-corrected chi connectivity index (χ0v) is 25.3. The summed E-state index contributed by atoms with van der Waals surface area (Å²) in [6.07, 6.45) is 1.53. The Labute approximate surface area is 261 Å². The lowest BCUT2D eigenvalue weighted by Crippen LogP contribution is -2.35. The van der Waals surface area contributed by atoms with Crippen LogP contribution < -0.4 is 14.8 Å². The topological polar surface area (TPSA) is 109 Å². The lowest BCUT2D eigenvalue weighted by molar-refractivity contribution is -0.180. The number of nitrogens with zero attached hydrogens (tertiary/aromatic N) is 1. The van der Waals surface area contributed by atoms with Crippen molar-refractivity contribution in [3.8, 4) is 11.5 Å². The van der Waals surface area contributed by atoms with E-state index in [0.29, 0.717) is 51.6 Å². The first kappa shape index (κ1) is 30.2. The second-order valence-electron chi connectivity index (χ2n) is 11.4. The molecule has 2 aliphatic heterocycles. The molecule has 10 heteroatoms. The Morgan fingerprint density at radius 2 is 1.87 bits per heavy atom. The van der Waals surface area contributed by atoms with Crippen LogP contribution in [0.5, 0.6) is 11.5 Å². The first-order valence-electron chi connectivity index (χ1n) is 15.0. The molecular weight excluding hydrogens is 576 g/mol. The van der Waals surface area contributed by atoms with Gasteiger partial charge in [-0.3, -0.25) is 4.79 Å². The standard InChI is InChI=1S/C35H36N2O8/c1-35(2)43-23-27-20-26(10-13-30(27)45-35)32-21-37(34(39)44-32)15-14-24-8-11-29(12-9-24)41-18-17-40-22-25-5-3-6-28(19-25)36-33(38)31-7-4-16-42-31/h3-13,16,19-20,32H,14-15,17-18,21-23H2,1-2H3,(H,36,38). The van der Waals surface area contributed by atoms with E-state index in [1.807, 2.05) is 80.6 Å². The summed E-state index contributed by atoms with van der Waals surface area (Å²) >= 11 is 0. The van der Waals surface area contributed by atoms with E-state index in [9.17, 15) is 9.59 Å². The van der Waals surface area contributed by atoms with Crippen LogP contribution in [0, 0.1) is 0 Å². The van der Waals surface area contributed by atoms with Gasteiger partial charge in [-0.2, -0.15) is 0 Å². The minimum Gasteiger partial charge on any atom is -0.491 e. The van der Waals surface area contributed by atoms with Crippen molar-refractivity contribution in [2.24, 2.45) is 0 Å². The number of benzene rings is 3. The zero-order chi connectivity index (χ0) is 31.2. The number of furan rings is 1. The van der Waals surface area contributed by atoms with Crippen LogP contribution in [0.1, 0.15) is 52.8 Å². The second-order valence-corrected chi connectivity index (χ2v) is 11.4. The van der Waals surface area contributed by atoms with Crippen LogP contribution in [-0.4, -0.2) is 49.0 Å². The van der Waals surface area contributed by atoms with Gasteiger partial charge < -0.3 is 38.3 Å². The van der Waals surface area contributed by atoms with E-state index in [2.05, 4.69) is 5.32 Å². The van der Waals surface area contributed by atoms with Gasteiger partial charge in [-0.1, -0.05) is 30.3 Å². The van der Waals surface area contributed by atoms with E-state index in [-0.39, 0.29) is 23.9 Å². The molecule has 0 bridgehead atoms.